The molecule has 0 radical (unpaired) electrons. The molecule has 3 aromatic rings. The van der Waals surface area contributed by atoms with Crippen molar-refractivity contribution in [1.29, 1.82) is 0 Å². The number of rotatable bonds is 6. The number of H-pyrrole nitrogens is 1. The van der Waals surface area contributed by atoms with E-state index in [4.69, 9.17) is 17.3 Å². The van der Waals surface area contributed by atoms with Gasteiger partial charge in [0, 0.05) is 10.7 Å². The first-order valence-corrected chi connectivity index (χ1v) is 10.1. The van der Waals surface area contributed by atoms with Crippen LogP contribution in [0, 0.1) is 0 Å². The molecule has 11 heteroatoms. The molecule has 1 aromatic carbocycles. The van der Waals surface area contributed by atoms with Crippen molar-refractivity contribution in [3.8, 4) is 0 Å². The van der Waals surface area contributed by atoms with E-state index in [9.17, 15) is 14.4 Å². The number of nitrogen functional groups attached to an aromatic ring is 1. The molecule has 5 N–H and O–H groups in total. The summed E-state index contributed by atoms with van der Waals surface area (Å²) >= 11 is 8.04. The van der Waals surface area contributed by atoms with Gasteiger partial charge in [0.05, 0.1) is 10.6 Å². The lowest BCUT2D eigenvalue weighted by atomic mass is 10.3. The van der Waals surface area contributed by atoms with E-state index in [0.717, 1.165) is 11.8 Å². The maximum Gasteiger partial charge on any atom is 0.277 e. The number of carbonyl (C=O) groups excluding carboxylic acids is 2. The third-order valence-corrected chi connectivity index (χ3v) is 5.37. The number of halogens is 1. The molecule has 0 aliphatic heterocycles. The molecule has 2 heterocycles. The molecule has 0 aliphatic carbocycles. The Bertz CT molecular complexity index is 1050. The minimum Gasteiger partial charge on any atom is -0.382 e. The lowest BCUT2D eigenvalue weighted by molar-refractivity contribution is -0.113. The van der Waals surface area contributed by atoms with Crippen molar-refractivity contribution in [2.45, 2.75) is 5.16 Å². The highest BCUT2D eigenvalue weighted by molar-refractivity contribution is 7.99. The summed E-state index contributed by atoms with van der Waals surface area (Å²) in [5.74, 6) is -0.860. The quantitative estimate of drug-likeness (QED) is 0.347. The van der Waals surface area contributed by atoms with Crippen LogP contribution >= 0.6 is 34.7 Å². The van der Waals surface area contributed by atoms with E-state index in [-0.39, 0.29) is 28.3 Å². The average molecular weight is 436 g/mol. The molecule has 0 saturated heterocycles. The van der Waals surface area contributed by atoms with Crippen molar-refractivity contribution < 1.29 is 9.59 Å². The molecule has 0 saturated carbocycles. The van der Waals surface area contributed by atoms with E-state index >= 15 is 0 Å². The van der Waals surface area contributed by atoms with Gasteiger partial charge in [0.15, 0.2) is 16.7 Å². The number of anilines is 3. The molecule has 0 spiro atoms. The van der Waals surface area contributed by atoms with E-state index in [1.54, 1.807) is 41.8 Å². The number of thioether (sulfide) groups is 1. The summed E-state index contributed by atoms with van der Waals surface area (Å²) in [4.78, 5) is 43.3. The van der Waals surface area contributed by atoms with Crippen LogP contribution in [0.3, 0.4) is 0 Å². The maximum atomic E-state index is 12.2. The summed E-state index contributed by atoms with van der Waals surface area (Å²) in [5.41, 5.74) is 5.67. The second-order valence-corrected chi connectivity index (χ2v) is 7.75. The maximum absolute atomic E-state index is 12.2. The summed E-state index contributed by atoms with van der Waals surface area (Å²) in [5, 5.41) is 7.63. The lowest BCUT2D eigenvalue weighted by Gasteiger charge is -2.08. The van der Waals surface area contributed by atoms with Crippen LogP contribution in [0.15, 0.2) is 51.7 Å². The number of nitrogens with two attached hydrogens (primary N) is 1. The Hall–Kier alpha value is -2.82. The van der Waals surface area contributed by atoms with Crippen LogP contribution in [0.4, 0.5) is 17.2 Å². The molecule has 3 rings (SSSR count). The van der Waals surface area contributed by atoms with Gasteiger partial charge >= 0.3 is 0 Å². The Labute approximate surface area is 172 Å². The van der Waals surface area contributed by atoms with Gasteiger partial charge in [-0.2, -0.15) is 0 Å². The van der Waals surface area contributed by atoms with Crippen LogP contribution < -0.4 is 21.9 Å². The number of hydrogen-bond donors (Lipinski definition) is 4. The Morgan fingerprint density at radius 1 is 1.21 bits per heavy atom. The number of nitrogens with zero attached hydrogens (tertiary/aromatic N) is 1. The van der Waals surface area contributed by atoms with Gasteiger partial charge in [-0.1, -0.05) is 29.4 Å². The number of aromatic nitrogens is 2. The molecule has 2 amide bonds. The molecular formula is C17H14ClN5O3S2. The smallest absolute Gasteiger partial charge is 0.277 e. The summed E-state index contributed by atoms with van der Waals surface area (Å²) in [7, 11) is 0. The van der Waals surface area contributed by atoms with Crippen LogP contribution in [-0.2, 0) is 4.79 Å². The molecule has 0 fully saturated rings. The summed E-state index contributed by atoms with van der Waals surface area (Å²) in [6.45, 7) is 0. The topological polar surface area (TPSA) is 130 Å². The number of amides is 2. The van der Waals surface area contributed by atoms with E-state index in [0.29, 0.717) is 15.6 Å². The second kappa shape index (κ2) is 8.91. The fraction of sp³-hybridized carbons (Fsp3) is 0.0588. The first-order chi connectivity index (χ1) is 13.4. The monoisotopic (exact) mass is 435 g/mol. The predicted octanol–water partition coefficient (Wildman–Crippen LogP) is 3.05. The number of nitrogens with one attached hydrogen (secondary N) is 3. The first-order valence-electron chi connectivity index (χ1n) is 7.85. The molecule has 0 bridgehead atoms. The normalized spacial score (nSPS) is 10.5. The first kappa shape index (κ1) is 19.9. The van der Waals surface area contributed by atoms with Gasteiger partial charge in [-0.25, -0.2) is 4.98 Å². The van der Waals surface area contributed by atoms with Crippen molar-refractivity contribution >= 4 is 63.7 Å². The minimum absolute atomic E-state index is 0.00586. The van der Waals surface area contributed by atoms with Gasteiger partial charge < -0.3 is 16.4 Å². The summed E-state index contributed by atoms with van der Waals surface area (Å²) in [6.07, 6.45) is 0. The zero-order valence-corrected chi connectivity index (χ0v) is 16.6. The molecule has 28 heavy (non-hydrogen) atoms. The Balaban J connectivity index is 1.62. The Kier molecular flexibility index (Phi) is 6.34. The number of benzene rings is 1. The highest BCUT2D eigenvalue weighted by Gasteiger charge is 2.15. The second-order valence-electron chi connectivity index (χ2n) is 5.41. The van der Waals surface area contributed by atoms with Crippen molar-refractivity contribution in [1.82, 2.24) is 9.97 Å². The molecule has 144 valence electrons. The van der Waals surface area contributed by atoms with Crippen LogP contribution in [0.1, 0.15) is 9.67 Å². The van der Waals surface area contributed by atoms with E-state index in [2.05, 4.69) is 20.6 Å². The van der Waals surface area contributed by atoms with Crippen LogP contribution in [0.25, 0.3) is 0 Å². The number of hydrogen-bond acceptors (Lipinski definition) is 7. The van der Waals surface area contributed by atoms with Crippen molar-refractivity contribution in [3.63, 3.8) is 0 Å². The van der Waals surface area contributed by atoms with Gasteiger partial charge in [-0.3, -0.25) is 19.4 Å². The largest absolute Gasteiger partial charge is 0.382 e. The van der Waals surface area contributed by atoms with Crippen molar-refractivity contribution in [2.24, 2.45) is 0 Å². The van der Waals surface area contributed by atoms with Gasteiger partial charge in [-0.05, 0) is 35.7 Å². The number of aromatic amines is 1. The number of thiophene rings is 1. The average Bonchev–Trinajstić information content (AvgIpc) is 3.20. The van der Waals surface area contributed by atoms with E-state index in [1.807, 2.05) is 0 Å². The highest BCUT2D eigenvalue weighted by Crippen LogP contribution is 2.19. The molecule has 0 atom stereocenters. The standard InChI is InChI=1S/C17H14ClN5O3S2/c18-9-3-5-10(6-4-9)20-12(24)8-28-17-22-14(19)13(16(26)23-17)21-15(25)11-2-1-7-27-11/h1-7H,8H2,(H,20,24)(H,21,25)(H3,19,22,23,26). The van der Waals surface area contributed by atoms with Crippen molar-refractivity contribution in [2.75, 3.05) is 22.1 Å². The summed E-state index contributed by atoms with van der Waals surface area (Å²) in [6, 6.07) is 10.0. The molecule has 0 aliphatic rings. The molecular weight excluding hydrogens is 422 g/mol. The fourth-order valence-corrected chi connectivity index (χ4v) is 3.52. The third kappa shape index (κ3) is 5.12. The van der Waals surface area contributed by atoms with Gasteiger partial charge in [0.2, 0.25) is 5.91 Å². The van der Waals surface area contributed by atoms with Crippen LogP contribution in [0.2, 0.25) is 5.02 Å². The van der Waals surface area contributed by atoms with Crippen LogP contribution in [-0.4, -0.2) is 27.5 Å². The van der Waals surface area contributed by atoms with E-state index in [1.165, 1.54) is 11.3 Å². The van der Waals surface area contributed by atoms with Gasteiger partial charge in [-0.15, -0.1) is 11.3 Å². The Morgan fingerprint density at radius 2 is 1.96 bits per heavy atom. The Morgan fingerprint density at radius 3 is 2.61 bits per heavy atom. The van der Waals surface area contributed by atoms with E-state index < -0.39 is 11.5 Å². The summed E-state index contributed by atoms with van der Waals surface area (Å²) < 4.78 is 0. The SMILES string of the molecule is Nc1nc(SCC(=O)Nc2ccc(Cl)cc2)[nH]c(=O)c1NC(=O)c1cccs1. The van der Waals surface area contributed by atoms with Crippen molar-refractivity contribution in [3.05, 3.63) is 62.0 Å². The number of carbonyl (C=O) groups is 2. The highest BCUT2D eigenvalue weighted by atomic mass is 35.5. The lowest BCUT2D eigenvalue weighted by Crippen LogP contribution is -2.23. The molecule has 0 unspecified atom stereocenters. The van der Waals surface area contributed by atoms with Gasteiger partial charge in [0.1, 0.15) is 0 Å². The minimum atomic E-state index is -0.599. The fourth-order valence-electron chi connectivity index (χ4n) is 2.11. The predicted molar refractivity (Wildman–Crippen MR) is 112 cm³/mol. The molecule has 8 nitrogen and oxygen atoms in total. The van der Waals surface area contributed by atoms with Gasteiger partial charge in [0.25, 0.3) is 11.5 Å². The third-order valence-electron chi connectivity index (χ3n) is 3.38. The zero-order valence-electron chi connectivity index (χ0n) is 14.2. The zero-order chi connectivity index (χ0) is 20.1. The molecule has 2 aromatic heterocycles. The van der Waals surface area contributed by atoms with Crippen LogP contribution in [0.5, 0.6) is 0 Å².